The summed E-state index contributed by atoms with van der Waals surface area (Å²) in [6.07, 6.45) is 0. The maximum Gasteiger partial charge on any atom is 0.178 e. The molecule has 0 bridgehead atoms. The van der Waals surface area contributed by atoms with Crippen LogP contribution in [0.25, 0.3) is 22.5 Å². The van der Waals surface area contributed by atoms with Gasteiger partial charge >= 0.3 is 0 Å². The highest BCUT2D eigenvalue weighted by Crippen LogP contribution is 2.40. The van der Waals surface area contributed by atoms with E-state index in [1.54, 1.807) is 24.3 Å². The lowest BCUT2D eigenvalue weighted by Gasteiger charge is -2.05. The van der Waals surface area contributed by atoms with Crippen molar-refractivity contribution in [2.45, 2.75) is 0 Å². The smallest absolute Gasteiger partial charge is 0.178 e. The number of nitrogen functional groups attached to an aromatic ring is 1. The lowest BCUT2D eigenvalue weighted by molar-refractivity contribution is 0.436. The van der Waals surface area contributed by atoms with E-state index in [0.717, 1.165) is 15.6 Å². The van der Waals surface area contributed by atoms with Gasteiger partial charge in [0.15, 0.2) is 11.6 Å². The fraction of sp³-hybridized carbons (Fsp3) is 0. The predicted molar refractivity (Wildman–Crippen MR) is 84.5 cm³/mol. The topological polar surface area (TPSA) is 52.0 Å². The quantitative estimate of drug-likeness (QED) is 0.682. The van der Waals surface area contributed by atoms with Crippen LogP contribution >= 0.6 is 27.5 Å². The summed E-state index contributed by atoms with van der Waals surface area (Å²) in [6.45, 7) is 0. The van der Waals surface area contributed by atoms with Crippen molar-refractivity contribution < 1.29 is 8.91 Å². The highest BCUT2D eigenvalue weighted by atomic mass is 79.9. The first-order valence-electron chi connectivity index (χ1n) is 6.03. The average molecular weight is 368 g/mol. The standard InChI is InChI=1S/C15H9BrClFN2O/c16-12-6-3-9(17)7-11(12)14-13(15(19)20-21-14)8-1-4-10(18)5-2-8/h1-7H,(H2,19,20). The number of hydrogen-bond acceptors (Lipinski definition) is 3. The lowest BCUT2D eigenvalue weighted by atomic mass is 10.0. The van der Waals surface area contributed by atoms with E-state index in [1.807, 2.05) is 6.07 Å². The zero-order chi connectivity index (χ0) is 15.0. The number of nitrogens with zero attached hydrogens (tertiary/aromatic N) is 1. The third-order valence-corrected chi connectivity index (χ3v) is 3.95. The van der Waals surface area contributed by atoms with E-state index in [1.165, 1.54) is 12.1 Å². The normalized spacial score (nSPS) is 10.8. The molecule has 0 unspecified atom stereocenters. The van der Waals surface area contributed by atoms with E-state index >= 15 is 0 Å². The van der Waals surface area contributed by atoms with Crippen molar-refractivity contribution in [2.75, 3.05) is 5.73 Å². The third kappa shape index (κ3) is 2.66. The summed E-state index contributed by atoms with van der Waals surface area (Å²) in [6, 6.07) is 11.3. The second kappa shape index (κ2) is 5.50. The Labute approximate surface area is 133 Å². The van der Waals surface area contributed by atoms with E-state index in [-0.39, 0.29) is 11.6 Å². The fourth-order valence-corrected chi connectivity index (χ4v) is 2.65. The van der Waals surface area contributed by atoms with Crippen LogP contribution in [0.5, 0.6) is 0 Å². The van der Waals surface area contributed by atoms with E-state index in [4.69, 9.17) is 21.9 Å². The molecule has 0 saturated heterocycles. The highest BCUT2D eigenvalue weighted by Gasteiger charge is 2.19. The van der Waals surface area contributed by atoms with Crippen molar-refractivity contribution in [3.8, 4) is 22.5 Å². The molecule has 0 aliphatic rings. The van der Waals surface area contributed by atoms with Crippen molar-refractivity contribution in [3.05, 3.63) is 57.8 Å². The lowest BCUT2D eigenvalue weighted by Crippen LogP contribution is -1.89. The van der Waals surface area contributed by atoms with Crippen LogP contribution in [0.4, 0.5) is 10.2 Å². The van der Waals surface area contributed by atoms with Crippen molar-refractivity contribution >= 4 is 33.3 Å². The molecule has 106 valence electrons. The number of benzene rings is 2. The van der Waals surface area contributed by atoms with Gasteiger partial charge in [0.05, 0.1) is 5.56 Å². The van der Waals surface area contributed by atoms with Gasteiger partial charge in [0.1, 0.15) is 5.82 Å². The highest BCUT2D eigenvalue weighted by molar-refractivity contribution is 9.10. The minimum atomic E-state index is -0.320. The van der Waals surface area contributed by atoms with Crippen LogP contribution in [0.3, 0.4) is 0 Å². The molecule has 2 N–H and O–H groups in total. The average Bonchev–Trinajstić information content (AvgIpc) is 2.84. The molecule has 0 aliphatic heterocycles. The van der Waals surface area contributed by atoms with Gasteiger partial charge in [-0.15, -0.1) is 0 Å². The number of rotatable bonds is 2. The Morgan fingerprint density at radius 1 is 1.14 bits per heavy atom. The van der Waals surface area contributed by atoms with Gasteiger partial charge in [-0.2, -0.15) is 0 Å². The molecule has 0 atom stereocenters. The molecule has 6 heteroatoms. The Morgan fingerprint density at radius 2 is 1.86 bits per heavy atom. The van der Waals surface area contributed by atoms with Gasteiger partial charge in [-0.05, 0) is 35.9 Å². The van der Waals surface area contributed by atoms with Gasteiger partial charge in [0.2, 0.25) is 0 Å². The molecule has 3 rings (SSSR count). The summed E-state index contributed by atoms with van der Waals surface area (Å²) in [4.78, 5) is 0. The van der Waals surface area contributed by atoms with Crippen molar-refractivity contribution in [1.29, 1.82) is 0 Å². The summed E-state index contributed by atoms with van der Waals surface area (Å²) in [7, 11) is 0. The fourth-order valence-electron chi connectivity index (χ4n) is 2.05. The van der Waals surface area contributed by atoms with Crippen molar-refractivity contribution in [3.63, 3.8) is 0 Å². The van der Waals surface area contributed by atoms with Crippen LogP contribution in [0.1, 0.15) is 0 Å². The van der Waals surface area contributed by atoms with E-state index < -0.39 is 0 Å². The zero-order valence-corrected chi connectivity index (χ0v) is 13.0. The van der Waals surface area contributed by atoms with Gasteiger partial charge < -0.3 is 10.3 Å². The molecule has 3 nitrogen and oxygen atoms in total. The van der Waals surface area contributed by atoms with Crippen LogP contribution in [0.2, 0.25) is 5.02 Å². The number of aromatic nitrogens is 1. The third-order valence-electron chi connectivity index (χ3n) is 3.02. The molecule has 1 heterocycles. The predicted octanol–water partition coefficient (Wildman–Crippen LogP) is 5.15. The van der Waals surface area contributed by atoms with E-state index in [2.05, 4.69) is 21.1 Å². The SMILES string of the molecule is Nc1noc(-c2cc(Cl)ccc2Br)c1-c1ccc(F)cc1. The Morgan fingerprint density at radius 3 is 2.57 bits per heavy atom. The van der Waals surface area contributed by atoms with E-state index in [0.29, 0.717) is 16.3 Å². The van der Waals surface area contributed by atoms with Gasteiger partial charge in [0, 0.05) is 15.1 Å². The summed E-state index contributed by atoms with van der Waals surface area (Å²) in [5.74, 6) is 0.399. The summed E-state index contributed by atoms with van der Waals surface area (Å²) in [5, 5.41) is 4.37. The van der Waals surface area contributed by atoms with Gasteiger partial charge in [-0.25, -0.2) is 4.39 Å². The first-order valence-corrected chi connectivity index (χ1v) is 7.20. The van der Waals surface area contributed by atoms with Gasteiger partial charge in [0.25, 0.3) is 0 Å². The van der Waals surface area contributed by atoms with Gasteiger partial charge in [-0.3, -0.25) is 0 Å². The van der Waals surface area contributed by atoms with Crippen LogP contribution < -0.4 is 5.73 Å². The molecule has 0 radical (unpaired) electrons. The Balaban J connectivity index is 2.21. The minimum absolute atomic E-state index is 0.239. The molecule has 0 amide bonds. The van der Waals surface area contributed by atoms with E-state index in [9.17, 15) is 4.39 Å². The number of halogens is 3. The summed E-state index contributed by atoms with van der Waals surface area (Å²) in [5.41, 5.74) is 7.95. The van der Waals surface area contributed by atoms with Crippen molar-refractivity contribution in [2.24, 2.45) is 0 Å². The largest absolute Gasteiger partial charge is 0.380 e. The second-order valence-corrected chi connectivity index (χ2v) is 5.69. The molecule has 0 aliphatic carbocycles. The Hall–Kier alpha value is -1.85. The molecular weight excluding hydrogens is 359 g/mol. The second-order valence-electron chi connectivity index (χ2n) is 4.40. The number of anilines is 1. The molecule has 21 heavy (non-hydrogen) atoms. The van der Waals surface area contributed by atoms with Crippen LogP contribution in [-0.4, -0.2) is 5.16 Å². The zero-order valence-electron chi connectivity index (χ0n) is 10.6. The number of hydrogen-bond donors (Lipinski definition) is 1. The molecule has 3 aromatic rings. The Bertz CT molecular complexity index is 802. The van der Waals surface area contributed by atoms with Crippen LogP contribution in [-0.2, 0) is 0 Å². The summed E-state index contributed by atoms with van der Waals surface area (Å²) < 4.78 is 19.2. The molecule has 0 spiro atoms. The van der Waals surface area contributed by atoms with Gasteiger partial charge in [-0.1, -0.05) is 44.8 Å². The molecule has 1 aromatic heterocycles. The first kappa shape index (κ1) is 14.1. The Kier molecular flexibility index (Phi) is 3.69. The summed E-state index contributed by atoms with van der Waals surface area (Å²) >= 11 is 9.48. The first-order chi connectivity index (χ1) is 10.1. The molecule has 0 saturated carbocycles. The number of nitrogens with two attached hydrogens (primary N) is 1. The molecule has 2 aromatic carbocycles. The molecule has 0 fully saturated rings. The maximum atomic E-state index is 13.1. The maximum absolute atomic E-state index is 13.1. The van der Waals surface area contributed by atoms with Crippen LogP contribution in [0, 0.1) is 5.82 Å². The minimum Gasteiger partial charge on any atom is -0.380 e. The molecular formula is C15H9BrClFN2O. The van der Waals surface area contributed by atoms with Crippen LogP contribution in [0.15, 0.2) is 51.5 Å². The van der Waals surface area contributed by atoms with Crippen molar-refractivity contribution in [1.82, 2.24) is 5.16 Å². The monoisotopic (exact) mass is 366 g/mol.